The number of nitrogens with zero attached hydrogens (tertiary/aromatic N) is 1. The van der Waals surface area contributed by atoms with Crippen LogP contribution in [0.3, 0.4) is 0 Å². The summed E-state index contributed by atoms with van der Waals surface area (Å²) in [5.74, 6) is -0.480. The average molecular weight is 182 g/mol. The van der Waals surface area contributed by atoms with Crippen LogP contribution in [0, 0.1) is 11.8 Å². The van der Waals surface area contributed by atoms with E-state index in [2.05, 4.69) is 0 Å². The third kappa shape index (κ3) is 1.53. The summed E-state index contributed by atoms with van der Waals surface area (Å²) in [7, 11) is 0. The van der Waals surface area contributed by atoms with Crippen molar-refractivity contribution >= 4 is 11.8 Å². The lowest BCUT2D eigenvalue weighted by molar-refractivity contribution is -0.135. The van der Waals surface area contributed by atoms with E-state index in [-0.39, 0.29) is 23.7 Å². The summed E-state index contributed by atoms with van der Waals surface area (Å²) in [4.78, 5) is 24.4. The molecule has 0 aromatic heterocycles. The third-order valence-corrected chi connectivity index (χ3v) is 2.96. The SMILES string of the molecule is NC(=O)[C@@H]1CCC[C@@H]1C(=O)N1CC1. The van der Waals surface area contributed by atoms with Crippen LogP contribution in [0.5, 0.6) is 0 Å². The molecule has 0 bridgehead atoms. The smallest absolute Gasteiger partial charge is 0.226 e. The molecule has 0 radical (unpaired) electrons. The quantitative estimate of drug-likeness (QED) is 0.597. The highest BCUT2D eigenvalue weighted by Gasteiger charge is 2.40. The normalized spacial score (nSPS) is 31.8. The molecule has 72 valence electrons. The Kier molecular flexibility index (Phi) is 1.98. The third-order valence-electron chi connectivity index (χ3n) is 2.96. The molecule has 0 spiro atoms. The monoisotopic (exact) mass is 182 g/mol. The molecule has 4 heteroatoms. The van der Waals surface area contributed by atoms with Gasteiger partial charge in [0, 0.05) is 24.9 Å². The van der Waals surface area contributed by atoms with E-state index in [0.29, 0.717) is 0 Å². The van der Waals surface area contributed by atoms with E-state index in [1.54, 1.807) is 4.90 Å². The molecule has 0 aromatic rings. The van der Waals surface area contributed by atoms with Gasteiger partial charge in [-0.15, -0.1) is 0 Å². The summed E-state index contributed by atoms with van der Waals surface area (Å²) in [6, 6.07) is 0. The van der Waals surface area contributed by atoms with Crippen LogP contribution in [-0.4, -0.2) is 29.8 Å². The maximum absolute atomic E-state index is 11.6. The number of carbonyl (C=O) groups excluding carboxylic acids is 2. The lowest BCUT2D eigenvalue weighted by Crippen LogP contribution is -2.33. The molecule has 4 nitrogen and oxygen atoms in total. The summed E-state index contributed by atoms with van der Waals surface area (Å²) in [6.45, 7) is 1.72. The molecule has 1 aliphatic heterocycles. The predicted molar refractivity (Wildman–Crippen MR) is 46.6 cm³/mol. The Morgan fingerprint density at radius 2 is 1.77 bits per heavy atom. The van der Waals surface area contributed by atoms with E-state index < -0.39 is 0 Å². The van der Waals surface area contributed by atoms with Gasteiger partial charge in [-0.25, -0.2) is 0 Å². The molecule has 2 fully saturated rings. The molecule has 2 rings (SSSR count). The maximum Gasteiger partial charge on any atom is 0.226 e. The first-order valence-electron chi connectivity index (χ1n) is 4.78. The molecule has 2 aliphatic rings. The molecule has 1 saturated carbocycles. The summed E-state index contributed by atoms with van der Waals surface area (Å²) < 4.78 is 0. The molecule has 1 heterocycles. The molecule has 1 aliphatic carbocycles. The van der Waals surface area contributed by atoms with E-state index in [4.69, 9.17) is 5.73 Å². The Bertz CT molecular complexity index is 248. The van der Waals surface area contributed by atoms with Crippen LogP contribution in [0.4, 0.5) is 0 Å². The fraction of sp³-hybridized carbons (Fsp3) is 0.778. The van der Waals surface area contributed by atoms with E-state index >= 15 is 0 Å². The van der Waals surface area contributed by atoms with Crippen LogP contribution < -0.4 is 5.73 Å². The molecule has 2 atom stereocenters. The Hall–Kier alpha value is -1.06. The molecule has 13 heavy (non-hydrogen) atoms. The molecule has 0 aromatic carbocycles. The second kappa shape index (κ2) is 3.01. The van der Waals surface area contributed by atoms with Crippen molar-refractivity contribution in [1.82, 2.24) is 4.90 Å². The molecular formula is C9H14N2O2. The summed E-state index contributed by atoms with van der Waals surface area (Å²) in [5, 5.41) is 0. The highest BCUT2D eigenvalue weighted by Crippen LogP contribution is 2.33. The molecule has 2 amide bonds. The zero-order chi connectivity index (χ0) is 9.42. The number of rotatable bonds is 2. The van der Waals surface area contributed by atoms with Crippen molar-refractivity contribution < 1.29 is 9.59 Å². The number of hydrogen-bond acceptors (Lipinski definition) is 2. The fourth-order valence-electron chi connectivity index (χ4n) is 2.10. The number of nitrogens with two attached hydrogens (primary N) is 1. The van der Waals surface area contributed by atoms with E-state index in [1.165, 1.54) is 0 Å². The van der Waals surface area contributed by atoms with Crippen LogP contribution in [0.2, 0.25) is 0 Å². The van der Waals surface area contributed by atoms with Gasteiger partial charge in [-0.3, -0.25) is 9.59 Å². The van der Waals surface area contributed by atoms with Gasteiger partial charge in [0.15, 0.2) is 0 Å². The van der Waals surface area contributed by atoms with Gasteiger partial charge >= 0.3 is 0 Å². The molecule has 1 saturated heterocycles. The highest BCUT2D eigenvalue weighted by molar-refractivity contribution is 5.88. The summed E-state index contributed by atoms with van der Waals surface area (Å²) in [5.41, 5.74) is 5.24. The highest BCUT2D eigenvalue weighted by atomic mass is 16.2. The maximum atomic E-state index is 11.6. The first kappa shape index (κ1) is 8.53. The largest absolute Gasteiger partial charge is 0.369 e. The predicted octanol–water partition coefficient (Wildman–Crippen LogP) is -0.270. The van der Waals surface area contributed by atoms with Crippen molar-refractivity contribution in [3.8, 4) is 0 Å². The Labute approximate surface area is 77.1 Å². The summed E-state index contributed by atoms with van der Waals surface area (Å²) in [6.07, 6.45) is 2.58. The Balaban J connectivity index is 2.03. The molecular weight excluding hydrogens is 168 g/mol. The zero-order valence-electron chi connectivity index (χ0n) is 7.53. The van der Waals surface area contributed by atoms with Gasteiger partial charge in [-0.1, -0.05) is 6.42 Å². The van der Waals surface area contributed by atoms with Gasteiger partial charge in [-0.2, -0.15) is 0 Å². The first-order valence-corrected chi connectivity index (χ1v) is 4.78. The van der Waals surface area contributed by atoms with Crippen molar-refractivity contribution in [2.45, 2.75) is 19.3 Å². The van der Waals surface area contributed by atoms with E-state index in [0.717, 1.165) is 32.4 Å². The minimum atomic E-state index is -0.308. The van der Waals surface area contributed by atoms with Gasteiger partial charge in [0.2, 0.25) is 11.8 Å². The van der Waals surface area contributed by atoms with Gasteiger partial charge in [-0.05, 0) is 12.8 Å². The van der Waals surface area contributed by atoms with Crippen LogP contribution in [0.25, 0.3) is 0 Å². The standard InChI is InChI=1S/C9H14N2O2/c10-8(12)6-2-1-3-7(6)9(13)11-4-5-11/h6-7H,1-5H2,(H2,10,12)/t6-,7+/m1/s1. The van der Waals surface area contributed by atoms with Crippen molar-refractivity contribution in [2.75, 3.05) is 13.1 Å². The van der Waals surface area contributed by atoms with Crippen LogP contribution in [0.15, 0.2) is 0 Å². The van der Waals surface area contributed by atoms with Gasteiger partial charge < -0.3 is 10.6 Å². The average Bonchev–Trinajstić information content (AvgIpc) is 2.80. The van der Waals surface area contributed by atoms with Crippen molar-refractivity contribution in [3.63, 3.8) is 0 Å². The Morgan fingerprint density at radius 3 is 2.31 bits per heavy atom. The lowest BCUT2D eigenvalue weighted by Gasteiger charge is -2.15. The van der Waals surface area contributed by atoms with Crippen molar-refractivity contribution in [3.05, 3.63) is 0 Å². The second-order valence-electron chi connectivity index (χ2n) is 3.87. The minimum Gasteiger partial charge on any atom is -0.369 e. The summed E-state index contributed by atoms with van der Waals surface area (Å²) >= 11 is 0. The second-order valence-corrected chi connectivity index (χ2v) is 3.87. The van der Waals surface area contributed by atoms with Crippen LogP contribution >= 0.6 is 0 Å². The number of hydrogen-bond donors (Lipinski definition) is 1. The first-order chi connectivity index (χ1) is 6.20. The van der Waals surface area contributed by atoms with Crippen molar-refractivity contribution in [2.24, 2.45) is 17.6 Å². The van der Waals surface area contributed by atoms with Gasteiger partial charge in [0.25, 0.3) is 0 Å². The Morgan fingerprint density at radius 1 is 1.15 bits per heavy atom. The van der Waals surface area contributed by atoms with Crippen molar-refractivity contribution in [1.29, 1.82) is 0 Å². The number of primary amides is 1. The van der Waals surface area contributed by atoms with Gasteiger partial charge in [0.05, 0.1) is 0 Å². The number of carbonyl (C=O) groups is 2. The molecule has 0 unspecified atom stereocenters. The number of amides is 2. The van der Waals surface area contributed by atoms with E-state index in [1.807, 2.05) is 0 Å². The topological polar surface area (TPSA) is 63.2 Å². The lowest BCUT2D eigenvalue weighted by atomic mass is 9.95. The zero-order valence-corrected chi connectivity index (χ0v) is 7.53. The molecule has 2 N–H and O–H groups in total. The minimum absolute atomic E-state index is 0.111. The van der Waals surface area contributed by atoms with Gasteiger partial charge in [0.1, 0.15) is 0 Å². The van der Waals surface area contributed by atoms with Crippen LogP contribution in [0.1, 0.15) is 19.3 Å². The van der Waals surface area contributed by atoms with E-state index in [9.17, 15) is 9.59 Å². The fourth-order valence-corrected chi connectivity index (χ4v) is 2.10. The van der Waals surface area contributed by atoms with Crippen LogP contribution in [-0.2, 0) is 9.59 Å².